The number of para-hydroxylation sites is 2. The Morgan fingerprint density at radius 2 is 1.75 bits per heavy atom. The molecule has 2 aliphatic rings. The van der Waals surface area contributed by atoms with Crippen molar-refractivity contribution in [3.05, 3.63) is 53.6 Å². The van der Waals surface area contributed by atoms with E-state index < -0.39 is 0 Å². The van der Waals surface area contributed by atoms with E-state index >= 15 is 0 Å². The third kappa shape index (κ3) is 2.95. The SMILES string of the molecule is CN1CCN(C(=O)COc2ccc3c(c2)CCC3)c2nc3ccccc3nc21. The van der Waals surface area contributed by atoms with Crippen LogP contribution in [-0.4, -0.2) is 42.6 Å². The molecule has 28 heavy (non-hydrogen) atoms. The first-order chi connectivity index (χ1) is 13.7. The summed E-state index contributed by atoms with van der Waals surface area (Å²) in [4.78, 5) is 26.1. The summed E-state index contributed by atoms with van der Waals surface area (Å²) < 4.78 is 5.82. The van der Waals surface area contributed by atoms with Crippen LogP contribution < -0.4 is 14.5 Å². The Kier molecular flexibility index (Phi) is 4.11. The summed E-state index contributed by atoms with van der Waals surface area (Å²) >= 11 is 0. The van der Waals surface area contributed by atoms with Crippen LogP contribution in [0.15, 0.2) is 42.5 Å². The quantitative estimate of drug-likeness (QED) is 0.705. The molecule has 1 aromatic heterocycles. The van der Waals surface area contributed by atoms with E-state index in [0.29, 0.717) is 18.9 Å². The summed E-state index contributed by atoms with van der Waals surface area (Å²) in [6.45, 7) is 1.28. The number of hydrogen-bond acceptors (Lipinski definition) is 5. The zero-order valence-electron chi connectivity index (χ0n) is 15.9. The van der Waals surface area contributed by atoms with Crippen LogP contribution in [-0.2, 0) is 17.6 Å². The maximum Gasteiger partial charge on any atom is 0.266 e. The first-order valence-corrected chi connectivity index (χ1v) is 9.72. The second-order valence-electron chi connectivity index (χ2n) is 7.40. The zero-order valence-corrected chi connectivity index (χ0v) is 15.9. The number of amides is 1. The number of hydrogen-bond donors (Lipinski definition) is 0. The van der Waals surface area contributed by atoms with Crippen LogP contribution in [0, 0.1) is 0 Å². The summed E-state index contributed by atoms with van der Waals surface area (Å²) in [6.07, 6.45) is 3.43. The Hall–Kier alpha value is -3.15. The van der Waals surface area contributed by atoms with Crippen molar-refractivity contribution in [1.29, 1.82) is 0 Å². The molecular weight excluding hydrogens is 352 g/mol. The molecular formula is C22H22N4O2. The number of carbonyl (C=O) groups excluding carboxylic acids is 1. The lowest BCUT2D eigenvalue weighted by Crippen LogP contribution is -2.45. The highest BCUT2D eigenvalue weighted by Gasteiger charge is 2.28. The van der Waals surface area contributed by atoms with E-state index in [0.717, 1.165) is 35.4 Å². The van der Waals surface area contributed by atoms with Gasteiger partial charge in [0.05, 0.1) is 11.0 Å². The van der Waals surface area contributed by atoms with Crippen LogP contribution in [0.2, 0.25) is 0 Å². The minimum absolute atomic E-state index is 0.00352. The molecule has 0 spiro atoms. The molecule has 0 atom stereocenters. The first-order valence-electron chi connectivity index (χ1n) is 9.72. The van der Waals surface area contributed by atoms with Gasteiger partial charge in [0, 0.05) is 20.1 Å². The van der Waals surface area contributed by atoms with E-state index in [1.165, 1.54) is 17.5 Å². The Balaban J connectivity index is 1.38. The van der Waals surface area contributed by atoms with Gasteiger partial charge in [0.2, 0.25) is 0 Å². The summed E-state index contributed by atoms with van der Waals surface area (Å²) in [7, 11) is 1.98. The lowest BCUT2D eigenvalue weighted by atomic mass is 10.1. The van der Waals surface area contributed by atoms with Gasteiger partial charge in [0.1, 0.15) is 5.75 Å². The number of likely N-dealkylation sites (N-methyl/N-ethyl adjacent to an activating group) is 1. The molecule has 0 saturated heterocycles. The standard InChI is InChI=1S/C22H22N4O2/c1-25-11-12-26(22-21(25)23-18-7-2-3-8-19(18)24-22)20(27)14-28-17-10-9-15-5-4-6-16(15)13-17/h2-3,7-10,13H,4-6,11-12,14H2,1H3. The second kappa shape index (κ2) is 6.78. The van der Waals surface area contributed by atoms with Crippen molar-refractivity contribution in [3.63, 3.8) is 0 Å². The van der Waals surface area contributed by atoms with Gasteiger partial charge < -0.3 is 9.64 Å². The first kappa shape index (κ1) is 17.0. The minimum atomic E-state index is -0.0978. The molecule has 0 N–H and O–H groups in total. The molecule has 0 radical (unpaired) electrons. The van der Waals surface area contributed by atoms with Gasteiger partial charge in [-0.1, -0.05) is 18.2 Å². The van der Waals surface area contributed by atoms with Gasteiger partial charge in [0.25, 0.3) is 5.91 Å². The van der Waals surface area contributed by atoms with E-state index in [1.807, 2.05) is 42.3 Å². The summed E-state index contributed by atoms with van der Waals surface area (Å²) in [6, 6.07) is 13.9. The number of anilines is 2. The lowest BCUT2D eigenvalue weighted by Gasteiger charge is -2.33. The number of rotatable bonds is 3. The maximum absolute atomic E-state index is 12.9. The lowest BCUT2D eigenvalue weighted by molar-refractivity contribution is -0.120. The van der Waals surface area contributed by atoms with E-state index in [4.69, 9.17) is 14.7 Å². The van der Waals surface area contributed by atoms with Crippen LogP contribution >= 0.6 is 0 Å². The molecule has 0 unspecified atom stereocenters. The van der Waals surface area contributed by atoms with Crippen molar-refractivity contribution >= 4 is 28.6 Å². The summed E-state index contributed by atoms with van der Waals surface area (Å²) in [5, 5.41) is 0. The fraction of sp³-hybridized carbons (Fsp3) is 0.318. The zero-order chi connectivity index (χ0) is 19.1. The van der Waals surface area contributed by atoms with Gasteiger partial charge in [-0.3, -0.25) is 9.69 Å². The van der Waals surface area contributed by atoms with Gasteiger partial charge in [-0.25, -0.2) is 9.97 Å². The summed E-state index contributed by atoms with van der Waals surface area (Å²) in [5.74, 6) is 2.00. The molecule has 3 aromatic rings. The fourth-order valence-electron chi connectivity index (χ4n) is 3.98. The number of ether oxygens (including phenoxy) is 1. The molecule has 0 fully saturated rings. The average molecular weight is 374 g/mol. The van der Waals surface area contributed by atoms with Gasteiger partial charge in [-0.15, -0.1) is 0 Å². The van der Waals surface area contributed by atoms with Crippen LogP contribution in [0.4, 0.5) is 11.6 Å². The molecule has 1 aliphatic carbocycles. The monoisotopic (exact) mass is 374 g/mol. The van der Waals surface area contributed by atoms with E-state index in [1.54, 1.807) is 4.90 Å². The van der Waals surface area contributed by atoms with Crippen molar-refractivity contribution in [2.75, 3.05) is 36.5 Å². The number of nitrogens with zero attached hydrogens (tertiary/aromatic N) is 4. The van der Waals surface area contributed by atoms with Gasteiger partial charge in [0.15, 0.2) is 18.2 Å². The fourth-order valence-corrected chi connectivity index (χ4v) is 3.98. The predicted molar refractivity (Wildman–Crippen MR) is 109 cm³/mol. The molecule has 6 heteroatoms. The highest BCUT2D eigenvalue weighted by Crippen LogP contribution is 2.31. The van der Waals surface area contributed by atoms with Crippen molar-refractivity contribution in [3.8, 4) is 5.75 Å². The molecule has 142 valence electrons. The van der Waals surface area contributed by atoms with E-state index in [9.17, 15) is 4.79 Å². The van der Waals surface area contributed by atoms with E-state index in [-0.39, 0.29) is 12.5 Å². The van der Waals surface area contributed by atoms with Crippen molar-refractivity contribution in [2.24, 2.45) is 0 Å². The summed E-state index contributed by atoms with van der Waals surface area (Å²) in [5.41, 5.74) is 4.35. The second-order valence-corrected chi connectivity index (χ2v) is 7.40. The Morgan fingerprint density at radius 3 is 2.57 bits per heavy atom. The van der Waals surface area contributed by atoms with Crippen LogP contribution in [0.25, 0.3) is 11.0 Å². The number of carbonyl (C=O) groups is 1. The average Bonchev–Trinajstić information content (AvgIpc) is 3.19. The van der Waals surface area contributed by atoms with Crippen molar-refractivity contribution in [1.82, 2.24) is 9.97 Å². The Bertz CT molecular complexity index is 1070. The normalized spacial score (nSPS) is 15.5. The Morgan fingerprint density at radius 1 is 1.00 bits per heavy atom. The number of aryl methyl sites for hydroxylation is 2. The molecule has 6 nitrogen and oxygen atoms in total. The molecule has 2 heterocycles. The third-order valence-electron chi connectivity index (χ3n) is 5.54. The smallest absolute Gasteiger partial charge is 0.266 e. The number of benzene rings is 2. The number of aromatic nitrogens is 2. The third-order valence-corrected chi connectivity index (χ3v) is 5.54. The van der Waals surface area contributed by atoms with Gasteiger partial charge in [-0.05, 0) is 54.7 Å². The molecule has 2 aromatic carbocycles. The predicted octanol–water partition coefficient (Wildman–Crippen LogP) is 2.98. The number of fused-ring (bicyclic) bond motifs is 3. The topological polar surface area (TPSA) is 58.6 Å². The molecule has 1 amide bonds. The van der Waals surface area contributed by atoms with E-state index in [2.05, 4.69) is 12.1 Å². The van der Waals surface area contributed by atoms with Crippen LogP contribution in [0.5, 0.6) is 5.75 Å². The Labute approximate surface area is 163 Å². The molecule has 0 bridgehead atoms. The minimum Gasteiger partial charge on any atom is -0.484 e. The van der Waals surface area contributed by atoms with Crippen LogP contribution in [0.1, 0.15) is 17.5 Å². The van der Waals surface area contributed by atoms with Gasteiger partial charge >= 0.3 is 0 Å². The highest BCUT2D eigenvalue weighted by molar-refractivity contribution is 5.98. The largest absolute Gasteiger partial charge is 0.484 e. The highest BCUT2D eigenvalue weighted by atomic mass is 16.5. The molecule has 1 aliphatic heterocycles. The molecule has 0 saturated carbocycles. The van der Waals surface area contributed by atoms with Crippen molar-refractivity contribution < 1.29 is 9.53 Å². The van der Waals surface area contributed by atoms with Crippen LogP contribution in [0.3, 0.4) is 0 Å². The van der Waals surface area contributed by atoms with Crippen molar-refractivity contribution in [2.45, 2.75) is 19.3 Å². The maximum atomic E-state index is 12.9. The van der Waals surface area contributed by atoms with Gasteiger partial charge in [-0.2, -0.15) is 0 Å². The molecule has 5 rings (SSSR count).